The number of amides is 2. The summed E-state index contributed by atoms with van der Waals surface area (Å²) in [6.45, 7) is 5.75. The van der Waals surface area contributed by atoms with Crippen molar-refractivity contribution in [1.29, 1.82) is 0 Å². The molecule has 2 amide bonds. The molecule has 0 saturated carbocycles. The number of hydrogen-bond donors (Lipinski definition) is 1. The molecule has 0 saturated heterocycles. The number of fused-ring (bicyclic) bond motifs is 1. The van der Waals surface area contributed by atoms with E-state index >= 15 is 0 Å². The Labute approximate surface area is 217 Å². The highest BCUT2D eigenvalue weighted by Crippen LogP contribution is 2.36. The van der Waals surface area contributed by atoms with Crippen molar-refractivity contribution in [2.24, 2.45) is 0 Å². The molecule has 1 aliphatic heterocycles. The molecule has 11 heteroatoms. The van der Waals surface area contributed by atoms with E-state index in [0.29, 0.717) is 29.2 Å². The van der Waals surface area contributed by atoms with E-state index in [1.54, 1.807) is 30.3 Å². The second-order valence-corrected chi connectivity index (χ2v) is 11.1. The van der Waals surface area contributed by atoms with Crippen molar-refractivity contribution in [3.05, 3.63) is 53.8 Å². The number of sulfonamides is 1. The van der Waals surface area contributed by atoms with Crippen molar-refractivity contribution in [2.45, 2.75) is 58.7 Å². The minimum Gasteiger partial charge on any atom is -0.454 e. The van der Waals surface area contributed by atoms with Crippen LogP contribution in [0.2, 0.25) is 0 Å². The number of nitrogens with zero attached hydrogens (tertiary/aromatic N) is 2. The third-order valence-corrected chi connectivity index (χ3v) is 7.07. The quantitative estimate of drug-likeness (QED) is 0.447. The van der Waals surface area contributed by atoms with Crippen molar-refractivity contribution in [3.63, 3.8) is 0 Å². The molecule has 0 spiro atoms. The van der Waals surface area contributed by atoms with E-state index in [1.165, 1.54) is 21.3 Å². The van der Waals surface area contributed by atoms with E-state index in [2.05, 4.69) is 5.32 Å². The lowest BCUT2D eigenvalue weighted by atomic mass is 10.1. The maximum atomic E-state index is 13.4. The average Bonchev–Trinajstić information content (AvgIpc) is 3.29. The molecule has 0 radical (unpaired) electrons. The van der Waals surface area contributed by atoms with Gasteiger partial charge in [0.15, 0.2) is 11.5 Å². The number of hydrogen-bond acceptors (Lipinski definition) is 6. The van der Waals surface area contributed by atoms with Gasteiger partial charge in [0.05, 0.1) is 11.9 Å². The van der Waals surface area contributed by atoms with Gasteiger partial charge in [-0.2, -0.15) is 0 Å². The largest absolute Gasteiger partial charge is 0.454 e. The van der Waals surface area contributed by atoms with Crippen molar-refractivity contribution >= 4 is 27.5 Å². The Morgan fingerprint density at radius 2 is 1.76 bits per heavy atom. The standard InChI is InChI=1S/C26H34FN3O6S/c1-5-22(26(32)28-18(2)3)29(16-19-8-10-20(27)11-9-19)25(31)7-6-14-30(37(4,33)34)21-12-13-23-24(15-21)36-17-35-23/h8-13,15,18,22H,5-7,14,16-17H2,1-4H3,(H,28,32). The normalized spacial score (nSPS) is 13.4. The summed E-state index contributed by atoms with van der Waals surface area (Å²) in [5.74, 6) is 0.0275. The highest BCUT2D eigenvalue weighted by atomic mass is 32.2. The third kappa shape index (κ3) is 7.58. The van der Waals surface area contributed by atoms with Gasteiger partial charge in [-0.3, -0.25) is 13.9 Å². The maximum absolute atomic E-state index is 13.4. The van der Waals surface area contributed by atoms with Crippen LogP contribution < -0.4 is 19.1 Å². The number of halogens is 1. The minimum absolute atomic E-state index is 0.0171. The van der Waals surface area contributed by atoms with Crippen LogP contribution in [0, 0.1) is 5.82 Å². The summed E-state index contributed by atoms with van der Waals surface area (Å²) in [6, 6.07) is 9.81. The first-order chi connectivity index (χ1) is 17.5. The Hall–Kier alpha value is -3.34. The van der Waals surface area contributed by atoms with Crippen LogP contribution in [0.15, 0.2) is 42.5 Å². The Morgan fingerprint density at radius 1 is 1.08 bits per heavy atom. The zero-order valence-electron chi connectivity index (χ0n) is 21.6. The first kappa shape index (κ1) is 28.2. The third-order valence-electron chi connectivity index (χ3n) is 5.88. The Balaban J connectivity index is 1.76. The molecule has 202 valence electrons. The number of anilines is 1. The lowest BCUT2D eigenvalue weighted by molar-refractivity contribution is -0.141. The number of ether oxygens (including phenoxy) is 2. The molecule has 1 N–H and O–H groups in total. The van der Waals surface area contributed by atoms with Gasteiger partial charge in [0, 0.05) is 31.6 Å². The highest BCUT2D eigenvalue weighted by molar-refractivity contribution is 7.92. The predicted octanol–water partition coefficient (Wildman–Crippen LogP) is 3.43. The molecule has 2 aromatic carbocycles. The van der Waals surface area contributed by atoms with Crippen LogP contribution in [0.5, 0.6) is 11.5 Å². The molecule has 0 aromatic heterocycles. The van der Waals surface area contributed by atoms with E-state index in [0.717, 1.165) is 6.26 Å². The van der Waals surface area contributed by atoms with Crippen molar-refractivity contribution < 1.29 is 31.9 Å². The van der Waals surface area contributed by atoms with Gasteiger partial charge < -0.3 is 19.7 Å². The number of carbonyl (C=O) groups is 2. The van der Waals surface area contributed by atoms with Gasteiger partial charge in [0.25, 0.3) is 0 Å². The topological polar surface area (TPSA) is 105 Å². The molecular formula is C26H34FN3O6S. The second kappa shape index (κ2) is 12.3. The van der Waals surface area contributed by atoms with E-state index < -0.39 is 21.9 Å². The smallest absolute Gasteiger partial charge is 0.243 e. The Morgan fingerprint density at radius 3 is 2.38 bits per heavy atom. The summed E-state index contributed by atoms with van der Waals surface area (Å²) < 4.78 is 50.4. The molecular weight excluding hydrogens is 501 g/mol. The molecule has 37 heavy (non-hydrogen) atoms. The molecule has 9 nitrogen and oxygen atoms in total. The SMILES string of the molecule is CCC(C(=O)NC(C)C)N(Cc1ccc(F)cc1)C(=O)CCCN(c1ccc2c(c1)OCO2)S(C)(=O)=O. The van der Waals surface area contributed by atoms with E-state index in [9.17, 15) is 22.4 Å². The van der Waals surface area contributed by atoms with Crippen LogP contribution in [-0.2, 0) is 26.2 Å². The molecule has 0 fully saturated rings. The van der Waals surface area contributed by atoms with Gasteiger partial charge in [-0.25, -0.2) is 12.8 Å². The van der Waals surface area contributed by atoms with Crippen LogP contribution in [0.4, 0.5) is 10.1 Å². The maximum Gasteiger partial charge on any atom is 0.243 e. The Kier molecular flexibility index (Phi) is 9.36. The van der Waals surface area contributed by atoms with Crippen LogP contribution in [0.3, 0.4) is 0 Å². The van der Waals surface area contributed by atoms with Gasteiger partial charge in [-0.15, -0.1) is 0 Å². The Bertz CT molecular complexity index is 1200. The number of nitrogens with one attached hydrogen (secondary N) is 1. The molecule has 3 rings (SSSR count). The van der Waals surface area contributed by atoms with E-state index in [1.807, 2.05) is 20.8 Å². The van der Waals surface area contributed by atoms with Gasteiger partial charge in [0.2, 0.25) is 28.6 Å². The van der Waals surface area contributed by atoms with Crippen molar-refractivity contribution in [2.75, 3.05) is 23.9 Å². The van der Waals surface area contributed by atoms with Crippen molar-refractivity contribution in [3.8, 4) is 11.5 Å². The monoisotopic (exact) mass is 535 g/mol. The summed E-state index contributed by atoms with van der Waals surface area (Å²) in [4.78, 5) is 27.8. The molecule has 0 bridgehead atoms. The number of benzene rings is 2. The average molecular weight is 536 g/mol. The molecule has 1 atom stereocenters. The zero-order chi connectivity index (χ0) is 27.2. The summed E-state index contributed by atoms with van der Waals surface area (Å²) >= 11 is 0. The van der Waals surface area contributed by atoms with Gasteiger partial charge in [-0.05, 0) is 56.5 Å². The molecule has 2 aromatic rings. The van der Waals surface area contributed by atoms with Gasteiger partial charge in [-0.1, -0.05) is 19.1 Å². The fraction of sp³-hybridized carbons (Fsp3) is 0.462. The van der Waals surface area contributed by atoms with Crippen molar-refractivity contribution in [1.82, 2.24) is 10.2 Å². The summed E-state index contributed by atoms with van der Waals surface area (Å²) in [6.07, 6.45) is 1.73. The lowest BCUT2D eigenvalue weighted by Crippen LogP contribution is -2.50. The van der Waals surface area contributed by atoms with Crippen LogP contribution in [0.25, 0.3) is 0 Å². The predicted molar refractivity (Wildman–Crippen MR) is 138 cm³/mol. The highest BCUT2D eigenvalue weighted by Gasteiger charge is 2.29. The number of rotatable bonds is 12. The summed E-state index contributed by atoms with van der Waals surface area (Å²) in [7, 11) is -3.64. The molecule has 0 aliphatic carbocycles. The van der Waals surface area contributed by atoms with E-state index in [4.69, 9.17) is 9.47 Å². The van der Waals surface area contributed by atoms with Gasteiger partial charge >= 0.3 is 0 Å². The fourth-order valence-corrected chi connectivity index (χ4v) is 5.09. The minimum atomic E-state index is -3.64. The molecule has 1 heterocycles. The first-order valence-electron chi connectivity index (χ1n) is 12.2. The second-order valence-electron chi connectivity index (χ2n) is 9.21. The summed E-state index contributed by atoms with van der Waals surface area (Å²) in [5, 5.41) is 2.86. The first-order valence-corrected chi connectivity index (χ1v) is 14.1. The number of carbonyl (C=O) groups excluding carboxylic acids is 2. The molecule has 1 unspecified atom stereocenters. The van der Waals surface area contributed by atoms with Crippen LogP contribution >= 0.6 is 0 Å². The van der Waals surface area contributed by atoms with Crippen LogP contribution in [0.1, 0.15) is 45.6 Å². The zero-order valence-corrected chi connectivity index (χ0v) is 22.4. The lowest BCUT2D eigenvalue weighted by Gasteiger charge is -2.31. The summed E-state index contributed by atoms with van der Waals surface area (Å²) in [5.41, 5.74) is 1.09. The molecule has 1 aliphatic rings. The fourth-order valence-electron chi connectivity index (χ4n) is 4.13. The van der Waals surface area contributed by atoms with E-state index in [-0.39, 0.29) is 50.6 Å². The van der Waals surface area contributed by atoms with Gasteiger partial charge in [0.1, 0.15) is 11.9 Å². The van der Waals surface area contributed by atoms with Crippen LogP contribution in [-0.4, -0.2) is 56.8 Å².